The molecule has 18 heavy (non-hydrogen) atoms. The highest BCUT2D eigenvalue weighted by Crippen LogP contribution is 2.40. The van der Waals surface area contributed by atoms with Crippen LogP contribution in [0.25, 0.3) is 0 Å². The zero-order valence-electron chi connectivity index (χ0n) is 8.56. The van der Waals surface area contributed by atoms with Crippen molar-refractivity contribution in [3.05, 3.63) is 17.5 Å². The van der Waals surface area contributed by atoms with Gasteiger partial charge in [0.05, 0.1) is 17.6 Å². The number of halogens is 6. The number of ether oxygens (including phenoxy) is 1. The molecule has 0 aliphatic carbocycles. The number of anilines is 1. The van der Waals surface area contributed by atoms with E-state index in [1.54, 1.807) is 0 Å². The van der Waals surface area contributed by atoms with Gasteiger partial charge < -0.3 is 16.2 Å². The number of nitrogens with zero attached hydrogens (tertiary/aromatic N) is 1. The van der Waals surface area contributed by atoms with Crippen LogP contribution in [0.4, 0.5) is 32.0 Å². The summed E-state index contributed by atoms with van der Waals surface area (Å²) < 4.78 is 76.9. The van der Waals surface area contributed by atoms with Crippen LogP contribution >= 0.6 is 0 Å². The number of alkyl halides is 6. The Balaban J connectivity index is 3.35. The van der Waals surface area contributed by atoms with Crippen molar-refractivity contribution < 1.29 is 31.1 Å². The third kappa shape index (κ3) is 3.15. The van der Waals surface area contributed by atoms with E-state index in [0.717, 1.165) is 0 Å². The van der Waals surface area contributed by atoms with Crippen molar-refractivity contribution in [2.75, 3.05) is 5.73 Å². The normalized spacial score (nSPS) is 12.6. The first-order chi connectivity index (χ1) is 8.06. The molecule has 0 aliphatic rings. The summed E-state index contributed by atoms with van der Waals surface area (Å²) >= 11 is 0. The highest BCUT2D eigenvalue weighted by atomic mass is 19.4. The lowest BCUT2D eigenvalue weighted by Gasteiger charge is -2.17. The summed E-state index contributed by atoms with van der Waals surface area (Å²) in [5, 5.41) is 0. The number of hydrogen-bond donors (Lipinski definition) is 2. The summed E-state index contributed by atoms with van der Waals surface area (Å²) in [5.41, 5.74) is 6.65. The van der Waals surface area contributed by atoms with E-state index in [2.05, 4.69) is 9.72 Å². The molecule has 102 valence electrons. The van der Waals surface area contributed by atoms with Crippen molar-refractivity contribution in [3.63, 3.8) is 0 Å². The number of pyridine rings is 1. The van der Waals surface area contributed by atoms with Gasteiger partial charge in [-0.25, -0.2) is 0 Å². The number of rotatable bonds is 2. The van der Waals surface area contributed by atoms with Gasteiger partial charge in [0.15, 0.2) is 5.75 Å². The largest absolute Gasteiger partial charge is 0.573 e. The molecule has 0 atom stereocenters. The number of nitrogen functional groups attached to an aromatic ring is 1. The molecule has 0 amide bonds. The molecule has 4 nitrogen and oxygen atoms in total. The topological polar surface area (TPSA) is 74.2 Å². The second-order valence-corrected chi connectivity index (χ2v) is 3.11. The maximum Gasteiger partial charge on any atom is 0.573 e. The average Bonchev–Trinajstić information content (AvgIpc) is 2.16. The first-order valence-corrected chi connectivity index (χ1v) is 4.36. The minimum atomic E-state index is -5.16. The smallest absolute Gasteiger partial charge is 0.402 e. The van der Waals surface area contributed by atoms with E-state index in [-0.39, 0.29) is 0 Å². The molecule has 0 bridgehead atoms. The third-order valence-electron chi connectivity index (χ3n) is 1.86. The Hall–Kier alpha value is -1.71. The van der Waals surface area contributed by atoms with Crippen LogP contribution in [-0.2, 0) is 12.7 Å². The zero-order chi connectivity index (χ0) is 14.1. The molecule has 0 radical (unpaired) electrons. The molecule has 0 saturated carbocycles. The van der Waals surface area contributed by atoms with Crippen LogP contribution in [0.15, 0.2) is 6.20 Å². The molecule has 0 saturated heterocycles. The molecule has 0 aliphatic heterocycles. The van der Waals surface area contributed by atoms with Crippen LogP contribution in [0.5, 0.6) is 5.75 Å². The average molecular weight is 275 g/mol. The Bertz CT molecular complexity index is 442. The minimum Gasteiger partial charge on any atom is -0.402 e. The van der Waals surface area contributed by atoms with Gasteiger partial charge in [0.2, 0.25) is 0 Å². The van der Waals surface area contributed by atoms with E-state index in [9.17, 15) is 26.3 Å². The van der Waals surface area contributed by atoms with E-state index in [1.165, 1.54) is 0 Å². The second-order valence-electron chi connectivity index (χ2n) is 3.11. The summed E-state index contributed by atoms with van der Waals surface area (Å²) in [5.74, 6) is -1.22. The fraction of sp³-hybridized carbons (Fsp3) is 0.375. The lowest BCUT2D eigenvalue weighted by Crippen LogP contribution is -2.22. The fourth-order valence-corrected chi connectivity index (χ4v) is 1.23. The van der Waals surface area contributed by atoms with Crippen molar-refractivity contribution in [1.29, 1.82) is 0 Å². The quantitative estimate of drug-likeness (QED) is 0.810. The molecular weight excluding hydrogens is 268 g/mol. The Kier molecular flexibility index (Phi) is 3.60. The van der Waals surface area contributed by atoms with Crippen molar-refractivity contribution in [1.82, 2.24) is 4.98 Å². The van der Waals surface area contributed by atoms with Crippen molar-refractivity contribution in [3.8, 4) is 5.75 Å². The Labute approximate surface area is 96.5 Å². The maximum atomic E-state index is 12.6. The summed E-state index contributed by atoms with van der Waals surface area (Å²) in [4.78, 5) is 3.16. The molecule has 1 rings (SSSR count). The van der Waals surface area contributed by atoms with E-state index in [1.807, 2.05) is 0 Å². The second kappa shape index (κ2) is 4.52. The summed E-state index contributed by atoms with van der Waals surface area (Å²) in [6, 6.07) is 0. The van der Waals surface area contributed by atoms with Crippen molar-refractivity contribution >= 4 is 5.69 Å². The minimum absolute atomic E-state index is 0.445. The SMILES string of the molecule is NCc1ncc(OC(F)(F)F)c(N)c1C(F)(F)F. The van der Waals surface area contributed by atoms with E-state index < -0.39 is 41.8 Å². The van der Waals surface area contributed by atoms with Crippen LogP contribution in [0.2, 0.25) is 0 Å². The van der Waals surface area contributed by atoms with Crippen LogP contribution < -0.4 is 16.2 Å². The van der Waals surface area contributed by atoms with Gasteiger partial charge in [0.1, 0.15) is 5.56 Å². The fourth-order valence-electron chi connectivity index (χ4n) is 1.23. The first-order valence-electron chi connectivity index (χ1n) is 4.36. The molecule has 0 unspecified atom stereocenters. The zero-order valence-corrected chi connectivity index (χ0v) is 8.56. The van der Waals surface area contributed by atoms with Crippen molar-refractivity contribution in [2.45, 2.75) is 19.1 Å². The van der Waals surface area contributed by atoms with Gasteiger partial charge in [-0.3, -0.25) is 4.98 Å². The van der Waals surface area contributed by atoms with Gasteiger partial charge in [0, 0.05) is 6.54 Å². The molecule has 0 spiro atoms. The van der Waals surface area contributed by atoms with Gasteiger partial charge in [-0.15, -0.1) is 13.2 Å². The van der Waals surface area contributed by atoms with Gasteiger partial charge in [0.25, 0.3) is 0 Å². The maximum absolute atomic E-state index is 12.6. The van der Waals surface area contributed by atoms with Crippen LogP contribution in [-0.4, -0.2) is 11.3 Å². The molecule has 0 fully saturated rings. The lowest BCUT2D eigenvalue weighted by atomic mass is 10.1. The first kappa shape index (κ1) is 14.4. The van der Waals surface area contributed by atoms with Gasteiger partial charge in [-0.2, -0.15) is 13.2 Å². The van der Waals surface area contributed by atoms with Gasteiger partial charge >= 0.3 is 12.5 Å². The summed E-state index contributed by atoms with van der Waals surface area (Å²) in [7, 11) is 0. The third-order valence-corrected chi connectivity index (χ3v) is 1.86. The Morgan fingerprint density at radius 2 is 1.72 bits per heavy atom. The van der Waals surface area contributed by atoms with E-state index in [0.29, 0.717) is 6.20 Å². The summed E-state index contributed by atoms with van der Waals surface area (Å²) in [6.45, 7) is -0.620. The molecular formula is C8H7F6N3O. The monoisotopic (exact) mass is 275 g/mol. The predicted molar refractivity (Wildman–Crippen MR) is 48.2 cm³/mol. The molecule has 0 aromatic carbocycles. The lowest BCUT2D eigenvalue weighted by molar-refractivity contribution is -0.274. The van der Waals surface area contributed by atoms with Crippen LogP contribution in [0.1, 0.15) is 11.3 Å². The molecule has 1 aromatic rings. The summed E-state index contributed by atoms with van der Waals surface area (Å²) in [6.07, 6.45) is -9.69. The molecule has 1 heterocycles. The highest BCUT2D eigenvalue weighted by Gasteiger charge is 2.40. The number of aromatic nitrogens is 1. The highest BCUT2D eigenvalue weighted by molar-refractivity contribution is 5.60. The number of nitrogens with two attached hydrogens (primary N) is 2. The van der Waals surface area contributed by atoms with Crippen LogP contribution in [0, 0.1) is 0 Å². The van der Waals surface area contributed by atoms with Gasteiger partial charge in [-0.1, -0.05) is 0 Å². The standard InChI is InChI=1S/C8H7F6N3O/c9-7(10,11)5-3(1-15)17-2-4(6(5)16)18-8(12,13)14/h2H,1,15H2,(H2,16,17). The van der Waals surface area contributed by atoms with E-state index in [4.69, 9.17) is 11.5 Å². The number of hydrogen-bond acceptors (Lipinski definition) is 4. The Morgan fingerprint density at radius 3 is 2.11 bits per heavy atom. The predicted octanol–water partition coefficient (Wildman–Crippen LogP) is 2.04. The van der Waals surface area contributed by atoms with Crippen LogP contribution in [0.3, 0.4) is 0 Å². The molecule has 10 heteroatoms. The van der Waals surface area contributed by atoms with Gasteiger partial charge in [-0.05, 0) is 0 Å². The molecule has 4 N–H and O–H groups in total. The molecule has 1 aromatic heterocycles. The van der Waals surface area contributed by atoms with E-state index >= 15 is 0 Å². The Morgan fingerprint density at radius 1 is 1.17 bits per heavy atom. The van der Waals surface area contributed by atoms with Crippen molar-refractivity contribution in [2.24, 2.45) is 5.73 Å².